The Kier molecular flexibility index (Phi) is 3.70. The predicted molar refractivity (Wildman–Crippen MR) is 61.6 cm³/mol. The number of halogens is 1. The van der Waals surface area contributed by atoms with Crippen LogP contribution in [-0.4, -0.2) is 34.5 Å². The topological polar surface area (TPSA) is 55.2 Å². The normalized spacial score (nSPS) is 12.3. The molecule has 0 spiro atoms. The van der Waals surface area contributed by atoms with Gasteiger partial charge in [0, 0.05) is 20.2 Å². The van der Waals surface area contributed by atoms with Crippen molar-refractivity contribution in [3.05, 3.63) is 27.4 Å². The van der Waals surface area contributed by atoms with Crippen molar-refractivity contribution in [2.24, 2.45) is 0 Å². The summed E-state index contributed by atoms with van der Waals surface area (Å²) in [5, 5.41) is 0.142. The fourth-order valence-electron chi connectivity index (χ4n) is 1.53. The van der Waals surface area contributed by atoms with E-state index in [4.69, 9.17) is 11.6 Å². The summed E-state index contributed by atoms with van der Waals surface area (Å²) in [6, 6.07) is 0.626. The Balaban J connectivity index is 3.24. The Morgan fingerprint density at radius 2 is 2.12 bits per heavy atom. The summed E-state index contributed by atoms with van der Waals surface area (Å²) in [6.45, 7) is 3.30. The summed E-state index contributed by atoms with van der Waals surface area (Å²) in [5.41, 5.74) is -0.319. The van der Waals surface area contributed by atoms with Crippen LogP contribution < -0.4 is 5.56 Å². The molecule has 1 heterocycles. The highest BCUT2D eigenvalue weighted by molar-refractivity contribution is 6.29. The van der Waals surface area contributed by atoms with Gasteiger partial charge in [0.15, 0.2) is 0 Å². The maximum absolute atomic E-state index is 11.7. The number of hydrogen-bond donors (Lipinski definition) is 0. The van der Waals surface area contributed by atoms with Crippen LogP contribution in [0.2, 0.25) is 5.15 Å². The zero-order valence-corrected chi connectivity index (χ0v) is 10.4. The number of amides is 1. The lowest BCUT2D eigenvalue weighted by Crippen LogP contribution is -2.36. The summed E-state index contributed by atoms with van der Waals surface area (Å²) in [7, 11) is 3.28. The van der Waals surface area contributed by atoms with Gasteiger partial charge in [0.05, 0.1) is 0 Å². The van der Waals surface area contributed by atoms with E-state index in [0.29, 0.717) is 5.82 Å². The van der Waals surface area contributed by atoms with Gasteiger partial charge in [-0.1, -0.05) is 11.6 Å². The minimum Gasteiger partial charge on any atom is -0.347 e. The molecule has 0 saturated carbocycles. The molecule has 5 nitrogen and oxygen atoms in total. The van der Waals surface area contributed by atoms with Crippen LogP contribution in [0.25, 0.3) is 0 Å². The summed E-state index contributed by atoms with van der Waals surface area (Å²) >= 11 is 5.65. The first kappa shape index (κ1) is 12.7. The highest BCUT2D eigenvalue weighted by Gasteiger charge is 2.20. The van der Waals surface area contributed by atoms with Crippen LogP contribution in [0.3, 0.4) is 0 Å². The maximum Gasteiger partial charge on any atom is 0.255 e. The molecule has 0 aliphatic heterocycles. The van der Waals surface area contributed by atoms with Crippen molar-refractivity contribution in [2.75, 3.05) is 14.1 Å². The lowest BCUT2D eigenvalue weighted by molar-refractivity contribution is -0.131. The Morgan fingerprint density at radius 3 is 2.56 bits per heavy atom. The molecule has 1 atom stereocenters. The standard InChI is InChI=1S/C10H14ClN3O2/c1-6(10(16)13(3)4)14-7(2)12-8(11)5-9(14)15/h5-6H,1-4H3. The van der Waals surface area contributed by atoms with E-state index in [9.17, 15) is 9.59 Å². The molecule has 1 aromatic heterocycles. The van der Waals surface area contributed by atoms with Gasteiger partial charge in [0.2, 0.25) is 5.91 Å². The summed E-state index contributed by atoms with van der Waals surface area (Å²) in [6.07, 6.45) is 0. The zero-order valence-electron chi connectivity index (χ0n) is 9.69. The number of likely N-dealkylation sites (N-methyl/N-ethyl adjacent to an activating group) is 1. The van der Waals surface area contributed by atoms with Crippen molar-refractivity contribution in [3.8, 4) is 0 Å². The molecule has 1 unspecified atom stereocenters. The highest BCUT2D eigenvalue weighted by Crippen LogP contribution is 2.09. The van der Waals surface area contributed by atoms with Gasteiger partial charge in [-0.15, -0.1) is 0 Å². The van der Waals surface area contributed by atoms with Crippen LogP contribution >= 0.6 is 11.6 Å². The van der Waals surface area contributed by atoms with Gasteiger partial charge >= 0.3 is 0 Å². The van der Waals surface area contributed by atoms with E-state index in [1.54, 1.807) is 27.9 Å². The van der Waals surface area contributed by atoms with E-state index in [2.05, 4.69) is 4.98 Å². The van der Waals surface area contributed by atoms with Gasteiger partial charge in [-0.05, 0) is 13.8 Å². The SMILES string of the molecule is Cc1nc(Cl)cc(=O)n1C(C)C(=O)N(C)C. The van der Waals surface area contributed by atoms with E-state index in [0.717, 1.165) is 0 Å². The first-order valence-electron chi connectivity index (χ1n) is 4.81. The van der Waals surface area contributed by atoms with E-state index in [1.807, 2.05) is 0 Å². The average Bonchev–Trinajstić information content (AvgIpc) is 2.14. The molecule has 1 rings (SSSR count). The van der Waals surface area contributed by atoms with Crippen molar-refractivity contribution >= 4 is 17.5 Å². The first-order valence-corrected chi connectivity index (χ1v) is 5.19. The molecule has 88 valence electrons. The lowest BCUT2D eigenvalue weighted by Gasteiger charge is -2.20. The highest BCUT2D eigenvalue weighted by atomic mass is 35.5. The lowest BCUT2D eigenvalue weighted by atomic mass is 10.3. The predicted octanol–water partition coefficient (Wildman–Crippen LogP) is 0.854. The molecule has 0 saturated heterocycles. The van der Waals surface area contributed by atoms with E-state index >= 15 is 0 Å². The van der Waals surface area contributed by atoms with Crippen LogP contribution in [0.1, 0.15) is 18.8 Å². The fourth-order valence-corrected chi connectivity index (χ4v) is 1.74. The van der Waals surface area contributed by atoms with Crippen LogP contribution in [0.4, 0.5) is 0 Å². The minimum atomic E-state index is -0.577. The number of hydrogen-bond acceptors (Lipinski definition) is 3. The Hall–Kier alpha value is -1.36. The van der Waals surface area contributed by atoms with Crippen molar-refractivity contribution in [2.45, 2.75) is 19.9 Å². The van der Waals surface area contributed by atoms with Crippen molar-refractivity contribution in [3.63, 3.8) is 0 Å². The number of rotatable bonds is 2. The van der Waals surface area contributed by atoms with Crippen LogP contribution in [-0.2, 0) is 4.79 Å². The average molecular weight is 244 g/mol. The smallest absolute Gasteiger partial charge is 0.255 e. The van der Waals surface area contributed by atoms with Gasteiger partial charge in [0.25, 0.3) is 5.56 Å². The second-order valence-corrected chi connectivity index (χ2v) is 4.13. The maximum atomic E-state index is 11.7. The zero-order chi connectivity index (χ0) is 12.5. The number of nitrogens with zero attached hydrogens (tertiary/aromatic N) is 3. The monoisotopic (exact) mass is 243 g/mol. The molecule has 6 heteroatoms. The molecule has 1 aromatic rings. The fraction of sp³-hybridized carbons (Fsp3) is 0.500. The number of aromatic nitrogens is 2. The number of aryl methyl sites for hydroxylation is 1. The van der Waals surface area contributed by atoms with Gasteiger partial charge in [-0.2, -0.15) is 0 Å². The minimum absolute atomic E-state index is 0.142. The quantitative estimate of drug-likeness (QED) is 0.724. The van der Waals surface area contributed by atoms with E-state index < -0.39 is 6.04 Å². The molecule has 0 aromatic carbocycles. The number of carbonyl (C=O) groups excluding carboxylic acids is 1. The van der Waals surface area contributed by atoms with Gasteiger partial charge in [-0.25, -0.2) is 4.98 Å². The summed E-state index contributed by atoms with van der Waals surface area (Å²) in [4.78, 5) is 28.8. The summed E-state index contributed by atoms with van der Waals surface area (Å²) in [5.74, 6) is 0.273. The van der Waals surface area contributed by atoms with Crippen molar-refractivity contribution in [1.82, 2.24) is 14.5 Å². The molecule has 1 amide bonds. The van der Waals surface area contributed by atoms with Crippen LogP contribution in [0.5, 0.6) is 0 Å². The third-order valence-electron chi connectivity index (χ3n) is 2.28. The number of carbonyl (C=O) groups is 1. The summed E-state index contributed by atoms with van der Waals surface area (Å²) < 4.78 is 1.33. The van der Waals surface area contributed by atoms with E-state index in [1.165, 1.54) is 15.5 Å². The molecular weight excluding hydrogens is 230 g/mol. The van der Waals surface area contributed by atoms with Gasteiger partial charge in [-0.3, -0.25) is 14.2 Å². The largest absolute Gasteiger partial charge is 0.347 e. The Morgan fingerprint density at radius 1 is 1.56 bits per heavy atom. The van der Waals surface area contributed by atoms with Gasteiger partial charge < -0.3 is 4.90 Å². The molecule has 0 aliphatic rings. The first-order chi connectivity index (χ1) is 7.34. The van der Waals surface area contributed by atoms with Crippen molar-refractivity contribution in [1.29, 1.82) is 0 Å². The molecule has 0 aliphatic carbocycles. The van der Waals surface area contributed by atoms with Crippen LogP contribution in [0, 0.1) is 6.92 Å². The molecule has 0 fully saturated rings. The molecular formula is C10H14ClN3O2. The van der Waals surface area contributed by atoms with E-state index in [-0.39, 0.29) is 16.6 Å². The molecule has 0 radical (unpaired) electrons. The van der Waals surface area contributed by atoms with Gasteiger partial charge in [0.1, 0.15) is 17.0 Å². The second kappa shape index (κ2) is 4.65. The molecule has 16 heavy (non-hydrogen) atoms. The second-order valence-electron chi connectivity index (χ2n) is 3.74. The molecule has 0 bridgehead atoms. The molecule has 0 N–H and O–H groups in total. The third-order valence-corrected chi connectivity index (χ3v) is 2.48. The van der Waals surface area contributed by atoms with Crippen molar-refractivity contribution < 1.29 is 4.79 Å². The Bertz CT molecular complexity index is 468. The Labute approximate surface area is 98.7 Å². The third kappa shape index (κ3) is 2.41. The van der Waals surface area contributed by atoms with Crippen LogP contribution in [0.15, 0.2) is 10.9 Å².